The number of carbonyl (C=O) groups is 2. The van der Waals surface area contributed by atoms with Gasteiger partial charge in [-0.1, -0.05) is 30.3 Å². The molecule has 0 aromatic heterocycles. The molecule has 0 heterocycles. The fourth-order valence-electron chi connectivity index (χ4n) is 3.95. The molecule has 0 saturated carbocycles. The van der Waals surface area contributed by atoms with Crippen molar-refractivity contribution in [3.63, 3.8) is 0 Å². The van der Waals surface area contributed by atoms with Crippen LogP contribution in [0.4, 0.5) is 18.9 Å². The topological polar surface area (TPSA) is 136 Å². The maximum atomic E-state index is 13.3. The number of fused-ring (bicyclic) bond motifs is 1. The van der Waals surface area contributed by atoms with Gasteiger partial charge in [0.15, 0.2) is 16.4 Å². The molecule has 0 amide bonds. The molecule has 0 fully saturated rings. The largest absolute Gasteiger partial charge is 0.497 e. The summed E-state index contributed by atoms with van der Waals surface area (Å²) in [5.41, 5.74) is 3.40. The Kier molecular flexibility index (Phi) is 5.42. The number of ether oxygens (including phenoxy) is 1. The van der Waals surface area contributed by atoms with E-state index in [1.807, 2.05) is 0 Å². The van der Waals surface area contributed by atoms with Crippen LogP contribution in [0.25, 0.3) is 0 Å². The first-order valence-electron chi connectivity index (χ1n) is 9.71. The first kappa shape index (κ1) is 23.7. The van der Waals surface area contributed by atoms with E-state index < -0.39 is 55.9 Å². The summed E-state index contributed by atoms with van der Waals surface area (Å²) in [6.07, 6.45) is -4.19. The minimum absolute atomic E-state index is 0.0415. The molecule has 0 spiro atoms. The van der Waals surface area contributed by atoms with E-state index in [1.54, 1.807) is 0 Å². The van der Waals surface area contributed by atoms with Crippen molar-refractivity contribution in [1.29, 1.82) is 0 Å². The third-order valence-corrected chi connectivity index (χ3v) is 6.92. The predicted molar refractivity (Wildman–Crippen MR) is 115 cm³/mol. The molecule has 12 heteroatoms. The Bertz CT molecular complexity index is 1410. The molecular weight excluding hydrogens is 477 g/mol. The monoisotopic (exact) mass is 494 g/mol. The smallest absolute Gasteiger partial charge is 0.416 e. The lowest BCUT2D eigenvalue weighted by molar-refractivity contribution is -0.137. The Morgan fingerprint density at radius 2 is 1.71 bits per heavy atom. The van der Waals surface area contributed by atoms with Crippen LogP contribution in [0.2, 0.25) is 0 Å². The molecule has 1 atom stereocenters. The van der Waals surface area contributed by atoms with Gasteiger partial charge < -0.3 is 15.8 Å². The van der Waals surface area contributed by atoms with Crippen molar-refractivity contribution < 1.29 is 40.5 Å². The second kappa shape index (κ2) is 7.79. The van der Waals surface area contributed by atoms with Crippen LogP contribution in [-0.4, -0.2) is 36.5 Å². The zero-order valence-corrected chi connectivity index (χ0v) is 18.3. The summed E-state index contributed by atoms with van der Waals surface area (Å²) in [4.78, 5) is 24.0. The molecule has 1 unspecified atom stereocenters. The average Bonchev–Trinajstić information content (AvgIpc) is 2.77. The molecule has 0 radical (unpaired) electrons. The van der Waals surface area contributed by atoms with Crippen molar-refractivity contribution in [1.82, 2.24) is 0 Å². The third kappa shape index (κ3) is 3.69. The van der Waals surface area contributed by atoms with Gasteiger partial charge in [0.1, 0.15) is 5.75 Å². The fourth-order valence-corrected chi connectivity index (χ4v) is 4.70. The lowest BCUT2D eigenvalue weighted by Crippen LogP contribution is -2.54. The average molecular weight is 494 g/mol. The summed E-state index contributed by atoms with van der Waals surface area (Å²) < 4.78 is 79.1. The number of anilines is 1. The standard InChI is InChI=1S/C22H17F3N2O6S/c1-33-13-9-11(22(23,24)25)8-12(10-13)27-16-6-7-21(26,34(30,31)32)18-17(16)19(28)14-4-2-3-5-15(14)20(18)29/h2-6,8-10,27H,7,26H2,1H3,(H,30,31,32). The van der Waals surface area contributed by atoms with Crippen molar-refractivity contribution in [2.45, 2.75) is 17.5 Å². The van der Waals surface area contributed by atoms with E-state index in [1.165, 1.54) is 37.4 Å². The summed E-state index contributed by atoms with van der Waals surface area (Å²) >= 11 is 0. The quantitative estimate of drug-likeness (QED) is 0.551. The van der Waals surface area contributed by atoms with Crippen LogP contribution in [-0.2, 0) is 16.3 Å². The second-order valence-corrected chi connectivity index (χ2v) is 9.39. The van der Waals surface area contributed by atoms with E-state index in [0.29, 0.717) is 0 Å². The van der Waals surface area contributed by atoms with Crippen LogP contribution in [0, 0.1) is 0 Å². The number of allylic oxidation sites excluding steroid dienone is 1. The van der Waals surface area contributed by atoms with Crippen LogP contribution >= 0.6 is 0 Å². The van der Waals surface area contributed by atoms with Gasteiger partial charge in [0.25, 0.3) is 10.1 Å². The number of nitrogens with one attached hydrogen (secondary N) is 1. The molecule has 4 N–H and O–H groups in total. The van der Waals surface area contributed by atoms with Crippen LogP contribution in [0.1, 0.15) is 32.7 Å². The summed E-state index contributed by atoms with van der Waals surface area (Å²) in [7, 11) is -3.91. The molecule has 2 aromatic rings. The molecule has 2 aliphatic rings. The van der Waals surface area contributed by atoms with Crippen LogP contribution in [0.15, 0.2) is 65.4 Å². The summed E-state index contributed by atoms with van der Waals surface area (Å²) in [5, 5.41) is 2.66. The zero-order chi connectivity index (χ0) is 25.1. The van der Waals surface area contributed by atoms with Gasteiger partial charge in [-0.2, -0.15) is 21.6 Å². The number of nitrogens with two attached hydrogens (primary N) is 1. The molecule has 178 valence electrons. The highest BCUT2D eigenvalue weighted by molar-refractivity contribution is 7.87. The van der Waals surface area contributed by atoms with E-state index in [4.69, 9.17) is 10.5 Å². The number of methoxy groups -OCH3 is 1. The van der Waals surface area contributed by atoms with E-state index in [-0.39, 0.29) is 28.3 Å². The van der Waals surface area contributed by atoms with E-state index >= 15 is 0 Å². The number of alkyl halides is 3. The molecule has 0 aliphatic heterocycles. The number of carbonyl (C=O) groups excluding carboxylic acids is 2. The van der Waals surface area contributed by atoms with Gasteiger partial charge in [0, 0.05) is 35.0 Å². The van der Waals surface area contributed by atoms with Gasteiger partial charge in [-0.05, 0) is 12.1 Å². The van der Waals surface area contributed by atoms with Gasteiger partial charge in [0.2, 0.25) is 0 Å². The molecule has 2 aromatic carbocycles. The molecule has 2 aliphatic carbocycles. The Labute approximate surface area is 191 Å². The SMILES string of the molecule is COc1cc(NC2=CCC(N)(S(=O)(=O)O)C3=C2C(=O)c2ccccc2C3=O)cc(C(F)(F)F)c1. The Balaban J connectivity index is 1.90. The van der Waals surface area contributed by atoms with Crippen molar-refractivity contribution in [3.05, 3.63) is 82.1 Å². The molecule has 0 saturated heterocycles. The number of hydrogen-bond donors (Lipinski definition) is 3. The highest BCUT2D eigenvalue weighted by Gasteiger charge is 2.52. The van der Waals surface area contributed by atoms with Gasteiger partial charge in [-0.15, -0.1) is 0 Å². The second-order valence-electron chi connectivity index (χ2n) is 7.71. The number of halogens is 3. The normalized spacial score (nSPS) is 20.5. The number of rotatable bonds is 4. The van der Waals surface area contributed by atoms with E-state index in [0.717, 1.165) is 18.2 Å². The maximum absolute atomic E-state index is 13.3. The van der Waals surface area contributed by atoms with Crippen molar-refractivity contribution in [2.75, 3.05) is 12.4 Å². The van der Waals surface area contributed by atoms with Crippen molar-refractivity contribution in [2.24, 2.45) is 5.73 Å². The fraction of sp³-hybridized carbons (Fsp3) is 0.182. The summed E-state index contributed by atoms with van der Waals surface area (Å²) in [6.45, 7) is 0. The number of benzene rings is 2. The number of Topliss-reactive ketones (excluding diaryl/α,β-unsaturated/α-hetero) is 2. The Morgan fingerprint density at radius 3 is 2.26 bits per heavy atom. The minimum atomic E-state index is -5.08. The van der Waals surface area contributed by atoms with Crippen LogP contribution < -0.4 is 15.8 Å². The third-order valence-electron chi connectivity index (χ3n) is 5.63. The minimum Gasteiger partial charge on any atom is -0.497 e. The van der Waals surface area contributed by atoms with Crippen molar-refractivity contribution in [3.8, 4) is 5.75 Å². The number of hydrogen-bond acceptors (Lipinski definition) is 7. The molecule has 4 rings (SSSR count). The van der Waals surface area contributed by atoms with Crippen LogP contribution in [0.3, 0.4) is 0 Å². The van der Waals surface area contributed by atoms with Gasteiger partial charge in [-0.3, -0.25) is 14.1 Å². The predicted octanol–water partition coefficient (Wildman–Crippen LogP) is 3.33. The van der Waals surface area contributed by atoms with E-state index in [9.17, 15) is 35.7 Å². The zero-order valence-electron chi connectivity index (χ0n) is 17.4. The van der Waals surface area contributed by atoms with Gasteiger partial charge in [0.05, 0.1) is 23.8 Å². The highest BCUT2D eigenvalue weighted by atomic mass is 32.2. The molecule has 8 nitrogen and oxygen atoms in total. The Hall–Kier alpha value is -3.48. The highest BCUT2D eigenvalue weighted by Crippen LogP contribution is 2.43. The van der Waals surface area contributed by atoms with Crippen molar-refractivity contribution >= 4 is 27.4 Å². The first-order valence-corrected chi connectivity index (χ1v) is 11.1. The lowest BCUT2D eigenvalue weighted by Gasteiger charge is -2.36. The molecular formula is C22H17F3N2O6S. The van der Waals surface area contributed by atoms with Crippen LogP contribution in [0.5, 0.6) is 5.75 Å². The lowest BCUT2D eigenvalue weighted by atomic mass is 9.76. The maximum Gasteiger partial charge on any atom is 0.416 e. The van der Waals surface area contributed by atoms with Gasteiger partial charge in [-0.25, -0.2) is 0 Å². The first-order chi connectivity index (χ1) is 15.8. The van der Waals surface area contributed by atoms with E-state index in [2.05, 4.69) is 5.32 Å². The summed E-state index contributed by atoms with van der Waals surface area (Å²) in [5.74, 6) is -1.80. The van der Waals surface area contributed by atoms with Gasteiger partial charge >= 0.3 is 6.18 Å². The molecule has 34 heavy (non-hydrogen) atoms. The molecule has 0 bridgehead atoms. The summed E-state index contributed by atoms with van der Waals surface area (Å²) in [6, 6.07) is 8.39. The number of ketones is 2. The Morgan fingerprint density at radius 1 is 1.09 bits per heavy atom.